The molecular weight excluding hydrogens is 238 g/mol. The van der Waals surface area contributed by atoms with Gasteiger partial charge in [-0.1, -0.05) is 26.7 Å². The van der Waals surface area contributed by atoms with Gasteiger partial charge in [0.15, 0.2) is 0 Å². The monoisotopic (exact) mass is 269 g/mol. The average molecular weight is 269 g/mol. The van der Waals surface area contributed by atoms with Crippen molar-refractivity contribution >= 4 is 5.91 Å². The van der Waals surface area contributed by atoms with E-state index in [1.54, 1.807) is 0 Å². The molecule has 19 heavy (non-hydrogen) atoms. The number of nitrogens with zero attached hydrogens (tertiary/aromatic N) is 2. The molecule has 4 nitrogen and oxygen atoms in total. The average Bonchev–Trinajstić information content (AvgIpc) is 2.37. The maximum Gasteiger partial charge on any atom is 0.221 e. The van der Waals surface area contributed by atoms with Crippen LogP contribution in [-0.2, 0) is 4.79 Å². The summed E-state index contributed by atoms with van der Waals surface area (Å²) in [5, 5.41) is 3.03. The van der Waals surface area contributed by atoms with Crippen LogP contribution in [0.25, 0.3) is 0 Å². The molecule has 0 bridgehead atoms. The number of amides is 1. The van der Waals surface area contributed by atoms with E-state index < -0.39 is 0 Å². The van der Waals surface area contributed by atoms with Gasteiger partial charge in [0.1, 0.15) is 0 Å². The highest BCUT2D eigenvalue weighted by atomic mass is 16.1. The standard InChI is InChI=1S/C15H31N3O/c1-14(2)6-4-5-8-16-15(19)7-9-18-12-10-17(3)11-13-18/h14H,4-13H2,1-3H3,(H,16,19). The summed E-state index contributed by atoms with van der Waals surface area (Å²) >= 11 is 0. The minimum absolute atomic E-state index is 0.212. The van der Waals surface area contributed by atoms with E-state index in [-0.39, 0.29) is 5.91 Å². The summed E-state index contributed by atoms with van der Waals surface area (Å²) < 4.78 is 0. The predicted molar refractivity (Wildman–Crippen MR) is 80.3 cm³/mol. The first-order chi connectivity index (χ1) is 9.08. The van der Waals surface area contributed by atoms with Gasteiger partial charge in [0.2, 0.25) is 5.91 Å². The van der Waals surface area contributed by atoms with Crippen LogP contribution in [0.1, 0.15) is 39.5 Å². The van der Waals surface area contributed by atoms with Gasteiger partial charge in [0, 0.05) is 45.7 Å². The zero-order valence-electron chi connectivity index (χ0n) is 13.0. The van der Waals surface area contributed by atoms with Crippen molar-refractivity contribution in [2.45, 2.75) is 39.5 Å². The second-order valence-electron chi connectivity index (χ2n) is 6.13. The number of likely N-dealkylation sites (N-methyl/N-ethyl adjacent to an activating group) is 1. The van der Waals surface area contributed by atoms with E-state index in [9.17, 15) is 4.79 Å². The van der Waals surface area contributed by atoms with E-state index in [1.807, 2.05) is 0 Å². The fourth-order valence-electron chi connectivity index (χ4n) is 2.32. The maximum absolute atomic E-state index is 11.7. The Morgan fingerprint density at radius 1 is 1.16 bits per heavy atom. The molecule has 0 spiro atoms. The summed E-state index contributed by atoms with van der Waals surface area (Å²) in [6.07, 6.45) is 4.24. The molecule has 0 aliphatic carbocycles. The van der Waals surface area contributed by atoms with Crippen LogP contribution < -0.4 is 5.32 Å². The Morgan fingerprint density at radius 2 is 1.84 bits per heavy atom. The lowest BCUT2D eigenvalue weighted by atomic mass is 10.1. The van der Waals surface area contributed by atoms with Crippen molar-refractivity contribution in [1.29, 1.82) is 0 Å². The van der Waals surface area contributed by atoms with E-state index in [0.29, 0.717) is 6.42 Å². The van der Waals surface area contributed by atoms with Gasteiger partial charge in [0.05, 0.1) is 0 Å². The van der Waals surface area contributed by atoms with Gasteiger partial charge in [-0.05, 0) is 19.4 Å². The van der Waals surface area contributed by atoms with Crippen molar-refractivity contribution in [3.63, 3.8) is 0 Å². The summed E-state index contributed by atoms with van der Waals surface area (Å²) in [6, 6.07) is 0. The molecule has 1 aliphatic heterocycles. The number of carbonyl (C=O) groups is 1. The van der Waals surface area contributed by atoms with Crippen molar-refractivity contribution in [3.8, 4) is 0 Å². The van der Waals surface area contributed by atoms with Crippen molar-refractivity contribution < 1.29 is 4.79 Å². The highest BCUT2D eigenvalue weighted by Gasteiger charge is 2.14. The summed E-state index contributed by atoms with van der Waals surface area (Å²) in [7, 11) is 2.15. The lowest BCUT2D eigenvalue weighted by Crippen LogP contribution is -2.45. The molecular formula is C15H31N3O. The van der Waals surface area contributed by atoms with Gasteiger partial charge in [-0.15, -0.1) is 0 Å². The molecule has 1 N–H and O–H groups in total. The topological polar surface area (TPSA) is 35.6 Å². The molecule has 0 aromatic heterocycles. The van der Waals surface area contributed by atoms with Gasteiger partial charge in [-0.2, -0.15) is 0 Å². The fraction of sp³-hybridized carbons (Fsp3) is 0.933. The fourth-order valence-corrected chi connectivity index (χ4v) is 2.32. The highest BCUT2D eigenvalue weighted by molar-refractivity contribution is 5.75. The third-order valence-electron chi connectivity index (χ3n) is 3.78. The van der Waals surface area contributed by atoms with Gasteiger partial charge >= 0.3 is 0 Å². The first-order valence-corrected chi connectivity index (χ1v) is 7.75. The number of carbonyl (C=O) groups excluding carboxylic acids is 1. The smallest absolute Gasteiger partial charge is 0.221 e. The molecule has 1 rings (SSSR count). The van der Waals surface area contributed by atoms with Gasteiger partial charge in [0.25, 0.3) is 0 Å². The van der Waals surface area contributed by atoms with Crippen LogP contribution in [0.3, 0.4) is 0 Å². The third-order valence-corrected chi connectivity index (χ3v) is 3.78. The van der Waals surface area contributed by atoms with Crippen molar-refractivity contribution in [2.24, 2.45) is 5.92 Å². The lowest BCUT2D eigenvalue weighted by Gasteiger charge is -2.32. The summed E-state index contributed by atoms with van der Waals surface area (Å²) in [5.74, 6) is 0.983. The lowest BCUT2D eigenvalue weighted by molar-refractivity contribution is -0.121. The number of piperazine rings is 1. The molecule has 1 saturated heterocycles. The van der Waals surface area contributed by atoms with E-state index in [4.69, 9.17) is 0 Å². The van der Waals surface area contributed by atoms with Crippen LogP contribution in [0.15, 0.2) is 0 Å². The van der Waals surface area contributed by atoms with Crippen LogP contribution in [0, 0.1) is 5.92 Å². The van der Waals surface area contributed by atoms with Crippen LogP contribution >= 0.6 is 0 Å². The minimum Gasteiger partial charge on any atom is -0.356 e. The summed E-state index contributed by atoms with van der Waals surface area (Å²) in [4.78, 5) is 16.4. The molecule has 4 heteroatoms. The Morgan fingerprint density at radius 3 is 2.47 bits per heavy atom. The van der Waals surface area contributed by atoms with Crippen LogP contribution in [0.5, 0.6) is 0 Å². The molecule has 0 aromatic carbocycles. The molecule has 1 aliphatic rings. The first kappa shape index (κ1) is 16.4. The zero-order chi connectivity index (χ0) is 14.1. The second kappa shape index (κ2) is 9.32. The predicted octanol–water partition coefficient (Wildman–Crippen LogP) is 1.57. The zero-order valence-corrected chi connectivity index (χ0v) is 13.0. The molecule has 0 radical (unpaired) electrons. The Hall–Kier alpha value is -0.610. The molecule has 112 valence electrons. The van der Waals surface area contributed by atoms with Crippen LogP contribution in [0.4, 0.5) is 0 Å². The Bertz CT molecular complexity index is 248. The van der Waals surface area contributed by atoms with Crippen molar-refractivity contribution in [1.82, 2.24) is 15.1 Å². The first-order valence-electron chi connectivity index (χ1n) is 7.75. The van der Waals surface area contributed by atoms with E-state index >= 15 is 0 Å². The Kier molecular flexibility index (Phi) is 8.07. The van der Waals surface area contributed by atoms with E-state index in [1.165, 1.54) is 12.8 Å². The number of unbranched alkanes of at least 4 members (excludes halogenated alkanes) is 1. The molecule has 0 saturated carbocycles. The van der Waals surface area contributed by atoms with Crippen molar-refractivity contribution in [2.75, 3.05) is 46.3 Å². The SMILES string of the molecule is CC(C)CCCCNC(=O)CCN1CCN(C)CC1. The summed E-state index contributed by atoms with van der Waals surface area (Å²) in [6.45, 7) is 10.7. The van der Waals surface area contributed by atoms with Crippen LogP contribution in [-0.4, -0.2) is 62.0 Å². The normalized spacial score (nSPS) is 17.9. The quantitative estimate of drug-likeness (QED) is 0.679. The Labute approximate surface area is 118 Å². The van der Waals surface area contributed by atoms with E-state index in [2.05, 4.69) is 36.0 Å². The number of rotatable bonds is 8. The molecule has 1 heterocycles. The molecule has 0 atom stereocenters. The number of hydrogen-bond donors (Lipinski definition) is 1. The van der Waals surface area contributed by atoms with E-state index in [0.717, 1.165) is 51.6 Å². The highest BCUT2D eigenvalue weighted by Crippen LogP contribution is 2.05. The minimum atomic E-state index is 0.212. The van der Waals surface area contributed by atoms with Gasteiger partial charge in [-0.25, -0.2) is 0 Å². The van der Waals surface area contributed by atoms with Gasteiger partial charge < -0.3 is 15.1 Å². The summed E-state index contributed by atoms with van der Waals surface area (Å²) in [5.41, 5.74) is 0. The largest absolute Gasteiger partial charge is 0.356 e. The Balaban J connectivity index is 1.96. The maximum atomic E-state index is 11.7. The molecule has 0 aromatic rings. The second-order valence-corrected chi connectivity index (χ2v) is 6.13. The van der Waals surface area contributed by atoms with Gasteiger partial charge in [-0.3, -0.25) is 4.79 Å². The number of hydrogen-bond acceptors (Lipinski definition) is 3. The molecule has 1 fully saturated rings. The number of nitrogens with one attached hydrogen (secondary N) is 1. The molecule has 0 unspecified atom stereocenters. The van der Waals surface area contributed by atoms with Crippen molar-refractivity contribution in [3.05, 3.63) is 0 Å². The third kappa shape index (κ3) is 8.22. The van der Waals surface area contributed by atoms with Crippen LogP contribution in [0.2, 0.25) is 0 Å². The molecule has 1 amide bonds.